The van der Waals surface area contributed by atoms with Gasteiger partial charge in [0.2, 0.25) is 0 Å². The standard InChI is InChI=1S/C11H13F3N2O2/c1-7-2-3-9(16-15-7)6-8(10(17)18)4-5-11(12,13)14/h2-3,8H,4-6H2,1H3,(H,17,18). The molecule has 0 aliphatic heterocycles. The molecule has 7 heteroatoms. The lowest BCUT2D eigenvalue weighted by Gasteiger charge is -2.13. The molecular weight excluding hydrogens is 249 g/mol. The van der Waals surface area contributed by atoms with E-state index in [9.17, 15) is 18.0 Å². The maximum absolute atomic E-state index is 12.1. The number of aromatic nitrogens is 2. The first kappa shape index (κ1) is 14.4. The molecule has 100 valence electrons. The highest BCUT2D eigenvalue weighted by Crippen LogP contribution is 2.25. The van der Waals surface area contributed by atoms with Crippen LogP contribution in [0.1, 0.15) is 24.2 Å². The van der Waals surface area contributed by atoms with Gasteiger partial charge in [-0.25, -0.2) is 0 Å². The molecule has 1 atom stereocenters. The minimum absolute atomic E-state index is 0.0430. The molecule has 0 radical (unpaired) electrons. The van der Waals surface area contributed by atoms with Crippen molar-refractivity contribution < 1.29 is 23.1 Å². The van der Waals surface area contributed by atoms with Gasteiger partial charge in [0.1, 0.15) is 0 Å². The molecular formula is C11H13F3N2O2. The summed E-state index contributed by atoms with van der Waals surface area (Å²) in [5.41, 5.74) is 1.05. The largest absolute Gasteiger partial charge is 0.481 e. The van der Waals surface area contributed by atoms with Gasteiger partial charge in [-0.05, 0) is 25.5 Å². The zero-order chi connectivity index (χ0) is 13.8. The lowest BCUT2D eigenvalue weighted by molar-refractivity contribution is -0.148. The number of carboxylic acid groups (broad SMARTS) is 1. The predicted molar refractivity (Wildman–Crippen MR) is 56.9 cm³/mol. The number of hydrogen-bond donors (Lipinski definition) is 1. The minimum atomic E-state index is -4.34. The average molecular weight is 262 g/mol. The van der Waals surface area contributed by atoms with Crippen LogP contribution in [0.15, 0.2) is 12.1 Å². The van der Waals surface area contributed by atoms with Crippen molar-refractivity contribution in [1.82, 2.24) is 10.2 Å². The summed E-state index contributed by atoms with van der Waals surface area (Å²) in [6, 6.07) is 3.22. The monoisotopic (exact) mass is 262 g/mol. The maximum Gasteiger partial charge on any atom is 0.389 e. The Labute approximate surface area is 102 Å². The molecule has 0 saturated carbocycles. The van der Waals surface area contributed by atoms with Gasteiger partial charge in [0.25, 0.3) is 0 Å². The molecule has 1 aromatic rings. The molecule has 0 aliphatic rings. The fourth-order valence-electron chi connectivity index (χ4n) is 1.44. The first-order valence-electron chi connectivity index (χ1n) is 5.36. The average Bonchev–Trinajstić information content (AvgIpc) is 2.25. The van der Waals surface area contributed by atoms with Gasteiger partial charge in [-0.2, -0.15) is 23.4 Å². The van der Waals surface area contributed by atoms with E-state index in [1.165, 1.54) is 0 Å². The summed E-state index contributed by atoms with van der Waals surface area (Å²) in [7, 11) is 0. The summed E-state index contributed by atoms with van der Waals surface area (Å²) in [6.45, 7) is 1.72. The topological polar surface area (TPSA) is 63.1 Å². The first-order chi connectivity index (χ1) is 8.28. The van der Waals surface area contributed by atoms with Gasteiger partial charge in [0.05, 0.1) is 17.3 Å². The summed E-state index contributed by atoms with van der Waals surface area (Å²) >= 11 is 0. The minimum Gasteiger partial charge on any atom is -0.481 e. The third-order valence-electron chi connectivity index (χ3n) is 2.43. The third kappa shape index (κ3) is 5.11. The zero-order valence-electron chi connectivity index (χ0n) is 9.74. The Morgan fingerprint density at radius 3 is 2.50 bits per heavy atom. The molecule has 0 bridgehead atoms. The van der Waals surface area contributed by atoms with Gasteiger partial charge < -0.3 is 5.11 Å². The van der Waals surface area contributed by atoms with Crippen LogP contribution in [0.25, 0.3) is 0 Å². The van der Waals surface area contributed by atoms with Crippen molar-refractivity contribution in [2.75, 3.05) is 0 Å². The SMILES string of the molecule is Cc1ccc(CC(CCC(F)(F)F)C(=O)O)nn1. The van der Waals surface area contributed by atoms with Crippen LogP contribution in [0.5, 0.6) is 0 Å². The van der Waals surface area contributed by atoms with Crippen molar-refractivity contribution in [3.63, 3.8) is 0 Å². The highest BCUT2D eigenvalue weighted by atomic mass is 19.4. The number of halogens is 3. The number of hydrogen-bond acceptors (Lipinski definition) is 3. The summed E-state index contributed by atoms with van der Waals surface area (Å²) < 4.78 is 36.2. The normalized spacial score (nSPS) is 13.3. The van der Waals surface area contributed by atoms with E-state index >= 15 is 0 Å². The molecule has 0 saturated heterocycles. The van der Waals surface area contributed by atoms with Crippen molar-refractivity contribution >= 4 is 5.97 Å². The van der Waals surface area contributed by atoms with Gasteiger partial charge in [0.15, 0.2) is 0 Å². The molecule has 1 N–H and O–H groups in total. The van der Waals surface area contributed by atoms with Gasteiger partial charge in [0, 0.05) is 12.8 Å². The fraction of sp³-hybridized carbons (Fsp3) is 0.545. The second-order valence-corrected chi connectivity index (χ2v) is 4.06. The van der Waals surface area contributed by atoms with Gasteiger partial charge in [-0.3, -0.25) is 4.79 Å². The molecule has 18 heavy (non-hydrogen) atoms. The van der Waals surface area contributed by atoms with Crippen LogP contribution in [0.3, 0.4) is 0 Å². The molecule has 0 aliphatic carbocycles. The Morgan fingerprint density at radius 1 is 1.39 bits per heavy atom. The summed E-state index contributed by atoms with van der Waals surface area (Å²) in [5, 5.41) is 16.4. The summed E-state index contributed by atoms with van der Waals surface area (Å²) in [6.07, 6.45) is -5.94. The van der Waals surface area contributed by atoms with Crippen molar-refractivity contribution in [1.29, 1.82) is 0 Å². The molecule has 1 aromatic heterocycles. The van der Waals surface area contributed by atoms with E-state index in [2.05, 4.69) is 10.2 Å². The van der Waals surface area contributed by atoms with Crippen LogP contribution in [-0.2, 0) is 11.2 Å². The lowest BCUT2D eigenvalue weighted by atomic mass is 9.97. The number of nitrogens with zero attached hydrogens (tertiary/aromatic N) is 2. The van der Waals surface area contributed by atoms with E-state index < -0.39 is 30.9 Å². The molecule has 0 aromatic carbocycles. The quantitative estimate of drug-likeness (QED) is 0.884. The van der Waals surface area contributed by atoms with Gasteiger partial charge in [-0.15, -0.1) is 0 Å². The van der Waals surface area contributed by atoms with E-state index in [0.29, 0.717) is 11.4 Å². The van der Waals surface area contributed by atoms with Crippen LogP contribution in [0, 0.1) is 12.8 Å². The Kier molecular flexibility index (Phi) is 4.63. The smallest absolute Gasteiger partial charge is 0.389 e. The predicted octanol–water partition coefficient (Wildman–Crippen LogP) is 2.37. The Hall–Kier alpha value is -1.66. The molecule has 1 rings (SSSR count). The second-order valence-electron chi connectivity index (χ2n) is 4.06. The van der Waals surface area contributed by atoms with E-state index in [0.717, 1.165) is 0 Å². The van der Waals surface area contributed by atoms with E-state index in [-0.39, 0.29) is 6.42 Å². The zero-order valence-corrected chi connectivity index (χ0v) is 9.74. The third-order valence-corrected chi connectivity index (χ3v) is 2.43. The number of alkyl halides is 3. The number of carboxylic acids is 1. The number of aryl methyl sites for hydroxylation is 1. The molecule has 1 heterocycles. The molecule has 1 unspecified atom stereocenters. The molecule has 0 fully saturated rings. The van der Waals surface area contributed by atoms with Crippen molar-refractivity contribution in [3.8, 4) is 0 Å². The van der Waals surface area contributed by atoms with Crippen LogP contribution in [0.2, 0.25) is 0 Å². The van der Waals surface area contributed by atoms with Crippen LogP contribution in [-0.4, -0.2) is 27.4 Å². The van der Waals surface area contributed by atoms with Gasteiger partial charge >= 0.3 is 12.1 Å². The van der Waals surface area contributed by atoms with Crippen molar-refractivity contribution in [2.24, 2.45) is 5.92 Å². The maximum atomic E-state index is 12.1. The number of aliphatic carboxylic acids is 1. The fourth-order valence-corrected chi connectivity index (χ4v) is 1.44. The van der Waals surface area contributed by atoms with Crippen LogP contribution < -0.4 is 0 Å². The molecule has 0 amide bonds. The first-order valence-corrected chi connectivity index (χ1v) is 5.36. The van der Waals surface area contributed by atoms with Gasteiger partial charge in [-0.1, -0.05) is 0 Å². The molecule has 0 spiro atoms. The summed E-state index contributed by atoms with van der Waals surface area (Å²) in [4.78, 5) is 10.9. The van der Waals surface area contributed by atoms with E-state index in [1.54, 1.807) is 19.1 Å². The summed E-state index contributed by atoms with van der Waals surface area (Å²) in [5.74, 6) is -2.34. The van der Waals surface area contributed by atoms with Crippen molar-refractivity contribution in [2.45, 2.75) is 32.4 Å². The Morgan fingerprint density at radius 2 is 2.06 bits per heavy atom. The van der Waals surface area contributed by atoms with E-state index in [4.69, 9.17) is 5.11 Å². The Bertz CT molecular complexity index is 404. The number of carbonyl (C=O) groups is 1. The lowest BCUT2D eigenvalue weighted by Crippen LogP contribution is -2.20. The highest BCUT2D eigenvalue weighted by molar-refractivity contribution is 5.70. The molecule has 4 nitrogen and oxygen atoms in total. The van der Waals surface area contributed by atoms with Crippen LogP contribution in [0.4, 0.5) is 13.2 Å². The van der Waals surface area contributed by atoms with E-state index in [1.807, 2.05) is 0 Å². The number of rotatable bonds is 5. The highest BCUT2D eigenvalue weighted by Gasteiger charge is 2.30. The Balaban J connectivity index is 2.63. The van der Waals surface area contributed by atoms with Crippen molar-refractivity contribution in [3.05, 3.63) is 23.5 Å². The second kappa shape index (κ2) is 5.79. The van der Waals surface area contributed by atoms with Crippen LogP contribution >= 0.6 is 0 Å².